The Kier molecular flexibility index (Phi) is 4.87. The van der Waals surface area contributed by atoms with Crippen LogP contribution in [-0.2, 0) is 0 Å². The number of esters is 1. The average molecular weight is 386 g/mol. The van der Waals surface area contributed by atoms with Crippen LogP contribution in [0.15, 0.2) is 82.2 Å². The van der Waals surface area contributed by atoms with E-state index in [2.05, 4.69) is 0 Å². The van der Waals surface area contributed by atoms with Gasteiger partial charge in [0.1, 0.15) is 23.3 Å². The van der Waals surface area contributed by atoms with E-state index in [0.29, 0.717) is 33.6 Å². The minimum absolute atomic E-state index is 0.159. The number of benzene rings is 3. The summed E-state index contributed by atoms with van der Waals surface area (Å²) in [6.45, 7) is 1.95. The molecule has 5 nitrogen and oxygen atoms in total. The fourth-order valence-electron chi connectivity index (χ4n) is 3.00. The molecule has 5 heteroatoms. The summed E-state index contributed by atoms with van der Waals surface area (Å²) in [6.07, 6.45) is 1.41. The molecule has 4 rings (SSSR count). The predicted molar refractivity (Wildman–Crippen MR) is 111 cm³/mol. The number of hydrogen-bond acceptors (Lipinski definition) is 5. The van der Waals surface area contributed by atoms with Gasteiger partial charge in [-0.05, 0) is 48.9 Å². The normalized spacial score (nSPS) is 10.7. The van der Waals surface area contributed by atoms with Gasteiger partial charge >= 0.3 is 5.97 Å². The molecule has 29 heavy (non-hydrogen) atoms. The molecule has 0 N–H and O–H groups in total. The van der Waals surface area contributed by atoms with Gasteiger partial charge in [-0.1, -0.05) is 29.8 Å². The SMILES string of the molecule is COc1ccc(-c2coc3cc(OC(=O)c4ccc(C)cc4)ccc3c2=O)cc1. The summed E-state index contributed by atoms with van der Waals surface area (Å²) in [5.41, 5.74) is 2.88. The highest BCUT2D eigenvalue weighted by Gasteiger charge is 2.13. The molecule has 1 aromatic heterocycles. The topological polar surface area (TPSA) is 65.7 Å². The molecule has 0 amide bonds. The van der Waals surface area contributed by atoms with Crippen molar-refractivity contribution in [2.45, 2.75) is 6.92 Å². The van der Waals surface area contributed by atoms with Crippen LogP contribution in [0.25, 0.3) is 22.1 Å². The molecule has 0 saturated heterocycles. The van der Waals surface area contributed by atoms with E-state index in [9.17, 15) is 9.59 Å². The Bertz CT molecular complexity index is 1240. The van der Waals surface area contributed by atoms with Gasteiger partial charge in [-0.25, -0.2) is 4.79 Å². The highest BCUT2D eigenvalue weighted by Crippen LogP contribution is 2.25. The van der Waals surface area contributed by atoms with E-state index in [-0.39, 0.29) is 5.43 Å². The van der Waals surface area contributed by atoms with Gasteiger partial charge in [0.05, 0.1) is 23.6 Å². The maximum atomic E-state index is 12.9. The highest BCUT2D eigenvalue weighted by molar-refractivity contribution is 5.92. The first-order valence-electron chi connectivity index (χ1n) is 9.04. The van der Waals surface area contributed by atoms with Crippen molar-refractivity contribution < 1.29 is 18.7 Å². The van der Waals surface area contributed by atoms with Crippen molar-refractivity contribution >= 4 is 16.9 Å². The summed E-state index contributed by atoms with van der Waals surface area (Å²) < 4.78 is 16.2. The number of rotatable bonds is 4. The van der Waals surface area contributed by atoms with Crippen LogP contribution in [0.4, 0.5) is 0 Å². The van der Waals surface area contributed by atoms with Crippen LogP contribution in [0.1, 0.15) is 15.9 Å². The number of carbonyl (C=O) groups excluding carboxylic acids is 1. The van der Waals surface area contributed by atoms with E-state index < -0.39 is 5.97 Å². The van der Waals surface area contributed by atoms with Crippen LogP contribution >= 0.6 is 0 Å². The number of ether oxygens (including phenoxy) is 2. The first-order valence-corrected chi connectivity index (χ1v) is 9.04. The summed E-state index contributed by atoms with van der Waals surface area (Å²) in [5.74, 6) is 0.545. The fraction of sp³-hybridized carbons (Fsp3) is 0.0833. The Morgan fingerprint density at radius 3 is 2.28 bits per heavy atom. The molecule has 0 aliphatic rings. The Morgan fingerprint density at radius 2 is 1.59 bits per heavy atom. The maximum Gasteiger partial charge on any atom is 0.343 e. The summed E-state index contributed by atoms with van der Waals surface area (Å²) >= 11 is 0. The number of aryl methyl sites for hydroxylation is 1. The van der Waals surface area contributed by atoms with Crippen LogP contribution in [0.3, 0.4) is 0 Å². The molecule has 0 radical (unpaired) electrons. The lowest BCUT2D eigenvalue weighted by Crippen LogP contribution is -2.09. The van der Waals surface area contributed by atoms with Crippen molar-refractivity contribution in [1.82, 2.24) is 0 Å². The van der Waals surface area contributed by atoms with Gasteiger partial charge in [-0.15, -0.1) is 0 Å². The number of methoxy groups -OCH3 is 1. The van der Waals surface area contributed by atoms with Gasteiger partial charge < -0.3 is 13.9 Å². The average Bonchev–Trinajstić information content (AvgIpc) is 2.74. The number of fused-ring (bicyclic) bond motifs is 1. The zero-order valence-electron chi connectivity index (χ0n) is 16.0. The second kappa shape index (κ2) is 7.64. The minimum atomic E-state index is -0.471. The molecule has 0 fully saturated rings. The van der Waals surface area contributed by atoms with E-state index >= 15 is 0 Å². The maximum absolute atomic E-state index is 12.9. The van der Waals surface area contributed by atoms with Crippen molar-refractivity contribution in [2.75, 3.05) is 7.11 Å². The van der Waals surface area contributed by atoms with Gasteiger partial charge in [0.15, 0.2) is 5.43 Å². The third-order valence-corrected chi connectivity index (χ3v) is 4.64. The minimum Gasteiger partial charge on any atom is -0.497 e. The molecule has 144 valence electrons. The Balaban J connectivity index is 1.64. The van der Waals surface area contributed by atoms with E-state index in [1.807, 2.05) is 19.1 Å². The molecule has 4 aromatic rings. The largest absolute Gasteiger partial charge is 0.497 e. The molecular weight excluding hydrogens is 368 g/mol. The van der Waals surface area contributed by atoms with Crippen molar-refractivity contribution in [3.63, 3.8) is 0 Å². The van der Waals surface area contributed by atoms with Crippen molar-refractivity contribution in [3.8, 4) is 22.6 Å². The quantitative estimate of drug-likeness (QED) is 0.365. The lowest BCUT2D eigenvalue weighted by atomic mass is 10.1. The number of carbonyl (C=O) groups is 1. The van der Waals surface area contributed by atoms with Crippen LogP contribution in [0.2, 0.25) is 0 Å². The zero-order chi connectivity index (χ0) is 20.4. The monoisotopic (exact) mass is 386 g/mol. The van der Waals surface area contributed by atoms with Crippen molar-refractivity contribution in [2.24, 2.45) is 0 Å². The summed E-state index contributed by atoms with van der Waals surface area (Å²) in [4.78, 5) is 25.2. The molecule has 0 bridgehead atoms. The number of hydrogen-bond donors (Lipinski definition) is 0. The molecular formula is C24H18O5. The van der Waals surface area contributed by atoms with Gasteiger partial charge in [0.25, 0.3) is 0 Å². The van der Waals surface area contributed by atoms with E-state index in [4.69, 9.17) is 13.9 Å². The van der Waals surface area contributed by atoms with Gasteiger partial charge in [-0.3, -0.25) is 4.79 Å². The highest BCUT2D eigenvalue weighted by atomic mass is 16.5. The van der Waals surface area contributed by atoms with Crippen LogP contribution < -0.4 is 14.9 Å². The predicted octanol–water partition coefficient (Wildman–Crippen LogP) is 5.00. The summed E-state index contributed by atoms with van der Waals surface area (Å²) in [7, 11) is 1.59. The van der Waals surface area contributed by atoms with Gasteiger partial charge in [-0.2, -0.15) is 0 Å². The molecule has 0 unspecified atom stereocenters. The summed E-state index contributed by atoms with van der Waals surface area (Å²) in [5, 5.41) is 0.411. The van der Waals surface area contributed by atoms with Gasteiger partial charge in [0, 0.05) is 6.07 Å². The summed E-state index contributed by atoms with van der Waals surface area (Å²) in [6, 6.07) is 19.0. The molecule has 0 atom stereocenters. The molecule has 1 heterocycles. The van der Waals surface area contributed by atoms with Crippen LogP contribution in [0.5, 0.6) is 11.5 Å². The first-order chi connectivity index (χ1) is 14.0. The molecule has 0 aliphatic carbocycles. The lowest BCUT2D eigenvalue weighted by molar-refractivity contribution is 0.0735. The lowest BCUT2D eigenvalue weighted by Gasteiger charge is -2.07. The standard InChI is InChI=1S/C24H18O5/c1-15-3-5-17(6-4-15)24(26)29-19-11-12-20-22(13-19)28-14-21(23(20)25)16-7-9-18(27-2)10-8-16/h3-14H,1-2H3. The molecule has 3 aromatic carbocycles. The van der Waals surface area contributed by atoms with E-state index in [1.54, 1.807) is 61.7 Å². The van der Waals surface area contributed by atoms with Crippen LogP contribution in [-0.4, -0.2) is 13.1 Å². The Morgan fingerprint density at radius 1 is 0.897 bits per heavy atom. The second-order valence-electron chi connectivity index (χ2n) is 6.62. The second-order valence-corrected chi connectivity index (χ2v) is 6.62. The van der Waals surface area contributed by atoms with Crippen LogP contribution in [0, 0.1) is 6.92 Å². The Hall–Kier alpha value is -3.86. The Labute approximate surface area is 167 Å². The van der Waals surface area contributed by atoms with E-state index in [0.717, 1.165) is 11.1 Å². The van der Waals surface area contributed by atoms with E-state index in [1.165, 1.54) is 6.26 Å². The molecule has 0 spiro atoms. The zero-order valence-corrected chi connectivity index (χ0v) is 16.0. The third-order valence-electron chi connectivity index (χ3n) is 4.64. The first kappa shape index (κ1) is 18.5. The smallest absolute Gasteiger partial charge is 0.343 e. The fourth-order valence-corrected chi connectivity index (χ4v) is 3.00. The molecule has 0 saturated carbocycles. The molecule has 0 aliphatic heterocycles. The van der Waals surface area contributed by atoms with Gasteiger partial charge in [0.2, 0.25) is 0 Å². The third kappa shape index (κ3) is 3.75. The van der Waals surface area contributed by atoms with Crippen molar-refractivity contribution in [1.29, 1.82) is 0 Å². The van der Waals surface area contributed by atoms with Crippen molar-refractivity contribution in [3.05, 3.63) is 94.3 Å².